The lowest BCUT2D eigenvalue weighted by molar-refractivity contribution is -0.193. The molecule has 0 spiro atoms. The summed E-state index contributed by atoms with van der Waals surface area (Å²) < 4.78 is 2.28. The first-order valence-electron chi connectivity index (χ1n) is 12.5. The average Bonchev–Trinajstić information content (AvgIpc) is 2.88. The van der Waals surface area contributed by atoms with E-state index < -0.39 is 11.9 Å². The van der Waals surface area contributed by atoms with Crippen molar-refractivity contribution in [1.82, 2.24) is 10.1 Å². The van der Waals surface area contributed by atoms with Gasteiger partial charge in [0.05, 0.1) is 0 Å². The van der Waals surface area contributed by atoms with Gasteiger partial charge in [0.2, 0.25) is 0 Å². The van der Waals surface area contributed by atoms with Crippen molar-refractivity contribution in [2.24, 2.45) is 11.8 Å². The fourth-order valence-electron chi connectivity index (χ4n) is 4.81. The third-order valence-corrected chi connectivity index (χ3v) is 8.42. The van der Waals surface area contributed by atoms with Gasteiger partial charge in [-0.1, -0.05) is 68.3 Å². The molecule has 2 aromatic rings. The molecule has 0 aromatic heterocycles. The van der Waals surface area contributed by atoms with E-state index in [1.54, 1.807) is 10.1 Å². The molecule has 0 unspecified atom stereocenters. The number of hydrogen-bond donors (Lipinski definition) is 0. The molecule has 2 saturated heterocycles. The summed E-state index contributed by atoms with van der Waals surface area (Å²) >= 11 is 7.23. The fourth-order valence-corrected chi connectivity index (χ4v) is 5.70. The van der Waals surface area contributed by atoms with Gasteiger partial charge in [0.25, 0.3) is 0 Å². The molecule has 0 radical (unpaired) electrons. The number of carbonyl (C=O) groups excluding carboxylic acids is 2. The fraction of sp³-hybridized carbons (Fsp3) is 0.429. The van der Waals surface area contributed by atoms with Gasteiger partial charge in [-0.25, -0.2) is 9.59 Å². The van der Waals surface area contributed by atoms with E-state index >= 15 is 0 Å². The molecule has 2 heterocycles. The van der Waals surface area contributed by atoms with Crippen LogP contribution in [-0.4, -0.2) is 48.2 Å². The van der Waals surface area contributed by atoms with Crippen LogP contribution < -0.4 is 0 Å². The number of halogens is 2. The number of piperidine rings is 2. The number of nitrogens with zero attached hydrogens (tertiary/aromatic N) is 2. The van der Waals surface area contributed by atoms with Gasteiger partial charge < -0.3 is 9.68 Å². The van der Waals surface area contributed by atoms with Gasteiger partial charge in [-0.3, -0.25) is 0 Å². The molecule has 0 N–H and O–H groups in total. The lowest BCUT2D eigenvalue weighted by atomic mass is 9.91. The minimum atomic E-state index is -0.552. The molecule has 2 aromatic carbocycles. The van der Waals surface area contributed by atoms with Gasteiger partial charge in [0.15, 0.2) is 0 Å². The third-order valence-electron chi connectivity index (χ3n) is 6.87. The number of carbonyl (C=O) groups is 2. The van der Waals surface area contributed by atoms with Gasteiger partial charge in [-0.05, 0) is 73.6 Å². The van der Waals surface area contributed by atoms with Crippen LogP contribution in [0.25, 0.3) is 0 Å². The Morgan fingerprint density at radius 1 is 0.694 bits per heavy atom. The zero-order valence-electron chi connectivity index (χ0n) is 20.3. The van der Waals surface area contributed by atoms with E-state index in [4.69, 9.17) is 9.68 Å². The molecule has 6 nitrogen and oxygen atoms in total. The molecule has 0 aliphatic carbocycles. The molecule has 0 bridgehead atoms. The summed E-state index contributed by atoms with van der Waals surface area (Å²) in [5, 5.41) is 3.37. The van der Waals surface area contributed by atoms with E-state index in [-0.39, 0.29) is 0 Å². The Hall–Kier alpha value is -2.00. The summed E-state index contributed by atoms with van der Waals surface area (Å²) in [5.74, 6) is 0.0109. The highest BCUT2D eigenvalue weighted by Crippen LogP contribution is 2.27. The maximum Gasteiger partial charge on any atom is 0.349 e. The van der Waals surface area contributed by atoms with E-state index in [9.17, 15) is 9.59 Å². The highest BCUT2D eigenvalue weighted by atomic mass is 79.9. The SMILES string of the molecule is O=C(/C=C/C(=O)ON1CCC(Cc2ccccc2Br)CC1)ON1CCC(Cc2ccccc2Br)CC1. The minimum absolute atomic E-state index is 0.552. The van der Waals surface area contributed by atoms with E-state index in [2.05, 4.69) is 68.3 Å². The van der Waals surface area contributed by atoms with Gasteiger partial charge >= 0.3 is 11.9 Å². The van der Waals surface area contributed by atoms with Crippen LogP contribution in [-0.2, 0) is 32.1 Å². The quantitative estimate of drug-likeness (QED) is 0.343. The molecule has 2 fully saturated rings. The van der Waals surface area contributed by atoms with Crippen LogP contribution in [0.5, 0.6) is 0 Å². The first-order valence-corrected chi connectivity index (χ1v) is 14.1. The maximum atomic E-state index is 12.2. The Balaban J connectivity index is 1.12. The molecule has 0 saturated carbocycles. The maximum absolute atomic E-state index is 12.2. The molecular weight excluding hydrogens is 588 g/mol. The van der Waals surface area contributed by atoms with E-state index in [1.807, 2.05) is 12.1 Å². The normalized spacial score (nSPS) is 18.4. The first-order chi connectivity index (χ1) is 17.5. The Labute approximate surface area is 229 Å². The molecule has 4 rings (SSSR count). The van der Waals surface area contributed by atoms with Crippen molar-refractivity contribution in [3.63, 3.8) is 0 Å². The van der Waals surface area contributed by atoms with Crippen LogP contribution in [0.3, 0.4) is 0 Å². The van der Waals surface area contributed by atoms with Crippen molar-refractivity contribution in [2.45, 2.75) is 38.5 Å². The molecule has 36 heavy (non-hydrogen) atoms. The topological polar surface area (TPSA) is 59.1 Å². The van der Waals surface area contributed by atoms with Crippen molar-refractivity contribution >= 4 is 43.8 Å². The van der Waals surface area contributed by atoms with Gasteiger partial charge in [0.1, 0.15) is 0 Å². The molecule has 2 aliphatic heterocycles. The second kappa shape index (κ2) is 13.5. The standard InChI is InChI=1S/C28H32Br2N2O4/c29-25-7-3-1-5-23(25)19-21-11-15-31(16-12-21)35-27(33)9-10-28(34)36-32-17-13-22(14-18-32)20-24-6-2-4-8-26(24)30/h1-10,21-22H,11-20H2/b10-9+. The molecule has 0 atom stereocenters. The van der Waals surface area contributed by atoms with Crippen LogP contribution in [0.15, 0.2) is 69.6 Å². The monoisotopic (exact) mass is 618 g/mol. The predicted octanol–water partition coefficient (Wildman–Crippen LogP) is 5.89. The van der Waals surface area contributed by atoms with Crippen molar-refractivity contribution in [2.75, 3.05) is 26.2 Å². The highest BCUT2D eigenvalue weighted by molar-refractivity contribution is 9.10. The Kier molecular flexibility index (Phi) is 10.2. The average molecular weight is 620 g/mol. The van der Waals surface area contributed by atoms with Crippen LogP contribution in [0.4, 0.5) is 0 Å². The van der Waals surface area contributed by atoms with Crippen LogP contribution >= 0.6 is 31.9 Å². The summed E-state index contributed by atoms with van der Waals surface area (Å²) in [6.45, 7) is 2.75. The zero-order valence-corrected chi connectivity index (χ0v) is 23.5. The number of hydrogen-bond acceptors (Lipinski definition) is 6. The Bertz CT molecular complexity index is 978. The van der Waals surface area contributed by atoms with E-state index in [0.29, 0.717) is 38.0 Å². The number of hydroxylamine groups is 4. The third kappa shape index (κ3) is 8.26. The number of rotatable bonds is 8. The summed E-state index contributed by atoms with van der Waals surface area (Å²) in [6.07, 6.45) is 8.14. The smallest absolute Gasteiger partial charge is 0.349 e. The van der Waals surface area contributed by atoms with Crippen molar-refractivity contribution in [3.05, 3.63) is 80.8 Å². The van der Waals surface area contributed by atoms with Crippen molar-refractivity contribution in [1.29, 1.82) is 0 Å². The van der Waals surface area contributed by atoms with Crippen molar-refractivity contribution in [3.8, 4) is 0 Å². The van der Waals surface area contributed by atoms with Crippen LogP contribution in [0, 0.1) is 11.8 Å². The predicted molar refractivity (Wildman–Crippen MR) is 146 cm³/mol. The largest absolute Gasteiger partial charge is 0.364 e. The molecular formula is C28H32Br2N2O4. The van der Waals surface area contributed by atoms with E-state index in [1.165, 1.54) is 11.1 Å². The first kappa shape index (κ1) is 27.0. The molecule has 2 aliphatic rings. The Morgan fingerprint density at radius 2 is 1.06 bits per heavy atom. The molecule has 192 valence electrons. The molecule has 8 heteroatoms. The second-order valence-corrected chi connectivity index (χ2v) is 11.2. The summed E-state index contributed by atoms with van der Waals surface area (Å²) in [7, 11) is 0. The highest BCUT2D eigenvalue weighted by Gasteiger charge is 2.24. The second-order valence-electron chi connectivity index (χ2n) is 9.49. The van der Waals surface area contributed by atoms with Gasteiger partial charge in [-0.15, -0.1) is 10.1 Å². The van der Waals surface area contributed by atoms with E-state index in [0.717, 1.165) is 59.6 Å². The van der Waals surface area contributed by atoms with Crippen molar-refractivity contribution < 1.29 is 19.3 Å². The zero-order chi connectivity index (χ0) is 25.3. The number of benzene rings is 2. The Morgan fingerprint density at radius 3 is 1.42 bits per heavy atom. The minimum Gasteiger partial charge on any atom is -0.364 e. The summed E-state index contributed by atoms with van der Waals surface area (Å²) in [5.41, 5.74) is 2.62. The van der Waals surface area contributed by atoms with Crippen LogP contribution in [0.1, 0.15) is 36.8 Å². The lowest BCUT2D eigenvalue weighted by Crippen LogP contribution is -2.36. The molecule has 0 amide bonds. The van der Waals surface area contributed by atoms with Gasteiger partial charge in [-0.2, -0.15) is 0 Å². The summed E-state index contributed by atoms with van der Waals surface area (Å²) in [6, 6.07) is 16.6. The van der Waals surface area contributed by atoms with Crippen LogP contribution in [0.2, 0.25) is 0 Å². The lowest BCUT2D eigenvalue weighted by Gasteiger charge is -2.30. The summed E-state index contributed by atoms with van der Waals surface area (Å²) in [4.78, 5) is 35.2. The van der Waals surface area contributed by atoms with Gasteiger partial charge in [0, 0.05) is 47.3 Å².